The van der Waals surface area contributed by atoms with Crippen molar-refractivity contribution in [3.8, 4) is 28.5 Å². The normalized spacial score (nSPS) is 18.5. The number of ether oxygens (including phenoxy) is 2. The van der Waals surface area contributed by atoms with E-state index in [1.54, 1.807) is 7.11 Å². The van der Waals surface area contributed by atoms with E-state index in [9.17, 15) is 9.90 Å². The molecule has 10 heteroatoms. The van der Waals surface area contributed by atoms with Crippen molar-refractivity contribution >= 4 is 27.9 Å². The van der Waals surface area contributed by atoms with E-state index in [2.05, 4.69) is 27.9 Å². The Bertz CT molecular complexity index is 2510. The second-order valence-corrected chi connectivity index (χ2v) is 16.0. The zero-order chi connectivity index (χ0) is 39.6. The van der Waals surface area contributed by atoms with E-state index in [0.29, 0.717) is 29.9 Å². The minimum Gasteiger partial charge on any atom is -0.497 e. The SMILES string of the molecule is C=CC(Cn1cc(C(O)(c2ccccc2)c2ccccc2)nn1)C1CCN2C(=O)SC(c3cc(-c4ccc(Oc5ccccc5)cc4)nc4ccc(OC)cc34)C2C1. The van der Waals surface area contributed by atoms with Gasteiger partial charge in [-0.1, -0.05) is 102 Å². The molecule has 58 heavy (non-hydrogen) atoms. The van der Waals surface area contributed by atoms with Gasteiger partial charge in [-0.3, -0.25) is 9.48 Å². The Balaban J connectivity index is 0.998. The molecule has 290 valence electrons. The molecule has 4 unspecified atom stereocenters. The van der Waals surface area contributed by atoms with Gasteiger partial charge < -0.3 is 19.5 Å². The van der Waals surface area contributed by atoms with Crippen LogP contribution in [0.5, 0.6) is 17.2 Å². The summed E-state index contributed by atoms with van der Waals surface area (Å²) in [5.74, 6) is 2.55. The molecule has 2 saturated heterocycles. The van der Waals surface area contributed by atoms with E-state index in [1.807, 2.05) is 150 Å². The lowest BCUT2D eigenvalue weighted by molar-refractivity contribution is 0.120. The van der Waals surface area contributed by atoms with Crippen molar-refractivity contribution < 1.29 is 19.4 Å². The minimum atomic E-state index is -1.47. The molecule has 0 saturated carbocycles. The van der Waals surface area contributed by atoms with E-state index < -0.39 is 5.60 Å². The van der Waals surface area contributed by atoms with Gasteiger partial charge in [-0.25, -0.2) is 4.98 Å². The number of aliphatic hydroxyl groups is 1. The van der Waals surface area contributed by atoms with Crippen molar-refractivity contribution in [3.05, 3.63) is 181 Å². The van der Waals surface area contributed by atoms with Crippen LogP contribution in [0, 0.1) is 11.8 Å². The quantitative estimate of drug-likeness (QED) is 0.122. The van der Waals surface area contributed by atoms with Crippen LogP contribution in [0.2, 0.25) is 0 Å². The van der Waals surface area contributed by atoms with Gasteiger partial charge in [-0.15, -0.1) is 11.7 Å². The summed E-state index contributed by atoms with van der Waals surface area (Å²) in [6.45, 7) is 5.47. The Hall–Kier alpha value is -6.23. The molecule has 9 rings (SSSR count). The van der Waals surface area contributed by atoms with Gasteiger partial charge in [-0.05, 0) is 102 Å². The zero-order valence-electron chi connectivity index (χ0n) is 32.1. The van der Waals surface area contributed by atoms with E-state index in [0.717, 1.165) is 57.8 Å². The summed E-state index contributed by atoms with van der Waals surface area (Å²) in [7, 11) is 1.67. The molecule has 0 radical (unpaired) electrons. The first-order valence-electron chi connectivity index (χ1n) is 19.6. The first kappa shape index (κ1) is 37.4. The molecule has 1 amide bonds. The number of methoxy groups -OCH3 is 1. The van der Waals surface area contributed by atoms with Crippen LogP contribution in [0.3, 0.4) is 0 Å². The minimum absolute atomic E-state index is 0.0300. The molecule has 2 aliphatic heterocycles. The van der Waals surface area contributed by atoms with Crippen molar-refractivity contribution in [2.24, 2.45) is 11.8 Å². The van der Waals surface area contributed by atoms with Crippen molar-refractivity contribution in [2.75, 3.05) is 13.7 Å². The van der Waals surface area contributed by atoms with Gasteiger partial charge in [0.25, 0.3) is 5.24 Å². The van der Waals surface area contributed by atoms with Crippen molar-refractivity contribution in [1.82, 2.24) is 24.9 Å². The third-order valence-electron chi connectivity index (χ3n) is 11.6. The van der Waals surface area contributed by atoms with Crippen LogP contribution in [0.25, 0.3) is 22.2 Å². The monoisotopic (exact) mass is 785 g/mol. The van der Waals surface area contributed by atoms with Gasteiger partial charge in [0.1, 0.15) is 22.9 Å². The van der Waals surface area contributed by atoms with Crippen LogP contribution in [-0.2, 0) is 12.1 Å². The number of allylic oxidation sites excluding steroid dienone is 1. The molecule has 7 aromatic rings. The number of amides is 1. The molecule has 2 aromatic heterocycles. The van der Waals surface area contributed by atoms with Gasteiger partial charge in [0.05, 0.1) is 29.8 Å². The smallest absolute Gasteiger partial charge is 0.282 e. The summed E-state index contributed by atoms with van der Waals surface area (Å²) >= 11 is 1.40. The van der Waals surface area contributed by atoms with Gasteiger partial charge in [0, 0.05) is 30.1 Å². The summed E-state index contributed by atoms with van der Waals surface area (Å²) in [5, 5.41) is 22.3. The van der Waals surface area contributed by atoms with Crippen LogP contribution < -0.4 is 9.47 Å². The number of carbonyl (C=O) groups excluding carboxylic acids is 1. The van der Waals surface area contributed by atoms with Crippen LogP contribution >= 0.6 is 11.8 Å². The molecule has 2 fully saturated rings. The molecule has 0 bridgehead atoms. The second kappa shape index (κ2) is 16.0. The maximum atomic E-state index is 13.7. The topological polar surface area (TPSA) is 103 Å². The standard InChI is InChI=1S/C48H43N5O4S/c1-3-32(30-52-31-45(50-51-52)48(55,35-13-7-4-8-14-35)36-15-9-5-10-16-36)34-25-26-53-44(27-34)46(58-47(53)54)41-29-43(49-42-24-23-39(56-2)28-40(41)42)33-19-21-38(22-20-33)57-37-17-11-6-12-18-37/h3-24,28-29,31-32,34,44,46,55H,1,25-27,30H2,2H3. The molecule has 9 nitrogen and oxygen atoms in total. The van der Waals surface area contributed by atoms with Crippen LogP contribution in [0.1, 0.15) is 40.5 Å². The molecule has 2 aliphatic rings. The maximum absolute atomic E-state index is 13.7. The summed E-state index contributed by atoms with van der Waals surface area (Å²) in [6.07, 6.45) is 5.51. The first-order chi connectivity index (χ1) is 28.4. The number of pyridine rings is 1. The number of rotatable bonds is 12. The molecule has 0 aliphatic carbocycles. The number of carbonyl (C=O) groups is 1. The molecule has 1 N–H and O–H groups in total. The number of aromatic nitrogens is 4. The average Bonchev–Trinajstić information content (AvgIpc) is 3.90. The Morgan fingerprint density at radius 2 is 1.53 bits per heavy atom. The summed E-state index contributed by atoms with van der Waals surface area (Å²) in [5.41, 5.74) is 4.10. The molecular weight excluding hydrogens is 743 g/mol. The van der Waals surface area contributed by atoms with Crippen molar-refractivity contribution in [2.45, 2.75) is 36.3 Å². The highest BCUT2D eigenvalue weighted by atomic mass is 32.2. The molecule has 4 atom stereocenters. The lowest BCUT2D eigenvalue weighted by Crippen LogP contribution is -2.43. The van der Waals surface area contributed by atoms with Crippen molar-refractivity contribution in [1.29, 1.82) is 0 Å². The van der Waals surface area contributed by atoms with Gasteiger partial charge in [0.2, 0.25) is 0 Å². The number of thioether (sulfide) groups is 1. The first-order valence-corrected chi connectivity index (χ1v) is 20.4. The van der Waals surface area contributed by atoms with E-state index >= 15 is 0 Å². The highest BCUT2D eigenvalue weighted by molar-refractivity contribution is 8.14. The maximum Gasteiger partial charge on any atom is 0.282 e. The van der Waals surface area contributed by atoms with Gasteiger partial charge in [-0.2, -0.15) is 0 Å². The molecule has 4 heterocycles. The zero-order valence-corrected chi connectivity index (χ0v) is 32.9. The Morgan fingerprint density at radius 1 is 0.879 bits per heavy atom. The van der Waals surface area contributed by atoms with E-state index in [-0.39, 0.29) is 28.4 Å². The Kier molecular flexibility index (Phi) is 10.3. The molecule has 5 aromatic carbocycles. The fourth-order valence-electron chi connectivity index (χ4n) is 8.52. The fourth-order valence-corrected chi connectivity index (χ4v) is 9.84. The van der Waals surface area contributed by atoms with Crippen LogP contribution in [0.15, 0.2) is 158 Å². The largest absolute Gasteiger partial charge is 0.497 e. The average molecular weight is 786 g/mol. The number of hydrogen-bond donors (Lipinski definition) is 1. The van der Waals surface area contributed by atoms with E-state index in [1.165, 1.54) is 11.8 Å². The van der Waals surface area contributed by atoms with Crippen LogP contribution in [0.4, 0.5) is 4.79 Å². The Morgan fingerprint density at radius 3 is 2.21 bits per heavy atom. The second-order valence-electron chi connectivity index (χ2n) is 14.9. The molecule has 0 spiro atoms. The number of nitrogens with zero attached hydrogens (tertiary/aromatic N) is 5. The number of benzene rings is 5. The number of hydrogen-bond acceptors (Lipinski definition) is 8. The fraction of sp³-hybridized carbons (Fsp3) is 0.208. The number of piperidine rings is 1. The number of fused-ring (bicyclic) bond motifs is 2. The highest BCUT2D eigenvalue weighted by Crippen LogP contribution is 2.51. The predicted octanol–water partition coefficient (Wildman–Crippen LogP) is 10.1. The third kappa shape index (κ3) is 7.14. The lowest BCUT2D eigenvalue weighted by Gasteiger charge is -2.39. The van der Waals surface area contributed by atoms with Gasteiger partial charge >= 0.3 is 0 Å². The van der Waals surface area contributed by atoms with Gasteiger partial charge in [0.15, 0.2) is 5.60 Å². The Labute approximate surface area is 342 Å². The summed E-state index contributed by atoms with van der Waals surface area (Å²) < 4.78 is 13.6. The van der Waals surface area contributed by atoms with Crippen LogP contribution in [-0.4, -0.2) is 54.9 Å². The molecular formula is C48H43N5O4S. The number of para-hydroxylation sites is 1. The van der Waals surface area contributed by atoms with Crippen molar-refractivity contribution in [3.63, 3.8) is 0 Å². The third-order valence-corrected chi connectivity index (χ3v) is 12.8. The van der Waals surface area contributed by atoms with E-state index in [4.69, 9.17) is 14.5 Å². The highest BCUT2D eigenvalue weighted by Gasteiger charge is 2.46. The lowest BCUT2D eigenvalue weighted by atomic mass is 9.79. The summed E-state index contributed by atoms with van der Waals surface area (Å²) in [6, 6.07) is 44.9. The predicted molar refractivity (Wildman–Crippen MR) is 228 cm³/mol. The summed E-state index contributed by atoms with van der Waals surface area (Å²) in [4.78, 5) is 20.9.